The Kier molecular flexibility index (Phi) is 5.41. The highest BCUT2D eigenvalue weighted by Crippen LogP contribution is 2.22. The van der Waals surface area contributed by atoms with Gasteiger partial charge in [0.15, 0.2) is 0 Å². The van der Waals surface area contributed by atoms with Gasteiger partial charge in [-0.15, -0.1) is 0 Å². The lowest BCUT2D eigenvalue weighted by molar-refractivity contribution is -0.141. The third kappa shape index (κ3) is 3.99. The minimum absolute atomic E-state index is 0.103. The lowest BCUT2D eigenvalue weighted by Gasteiger charge is -2.35. The largest absolute Gasteiger partial charge is 0.346 e. The van der Waals surface area contributed by atoms with E-state index in [9.17, 15) is 9.59 Å². The van der Waals surface area contributed by atoms with Crippen LogP contribution in [0.2, 0.25) is 0 Å². The second-order valence-corrected chi connectivity index (χ2v) is 7.73. The molecule has 2 fully saturated rings. The Morgan fingerprint density at radius 3 is 2.56 bits per heavy atom. The summed E-state index contributed by atoms with van der Waals surface area (Å²) in [5, 5.41) is 1.15. The van der Waals surface area contributed by atoms with Crippen LogP contribution in [-0.4, -0.2) is 57.3 Å². The summed E-state index contributed by atoms with van der Waals surface area (Å²) in [5.74, 6) is 0.601. The summed E-state index contributed by atoms with van der Waals surface area (Å²) in [6.45, 7) is 3.91. The second kappa shape index (κ2) is 8.11. The van der Waals surface area contributed by atoms with E-state index in [0.717, 1.165) is 49.7 Å². The summed E-state index contributed by atoms with van der Waals surface area (Å²) in [5.41, 5.74) is 1.07. The number of piperidine rings is 2. The summed E-state index contributed by atoms with van der Waals surface area (Å²) in [4.78, 5) is 33.4. The highest BCUT2D eigenvalue weighted by molar-refractivity contribution is 5.81. The van der Waals surface area contributed by atoms with Crippen molar-refractivity contribution in [2.45, 2.75) is 45.1 Å². The van der Waals surface area contributed by atoms with Crippen molar-refractivity contribution in [3.05, 3.63) is 30.7 Å². The van der Waals surface area contributed by atoms with E-state index in [0.29, 0.717) is 32.0 Å². The van der Waals surface area contributed by atoms with E-state index in [1.165, 1.54) is 6.42 Å². The van der Waals surface area contributed by atoms with Crippen LogP contribution in [0.3, 0.4) is 0 Å². The molecule has 0 N–H and O–H groups in total. The number of aromatic nitrogens is 2. The number of aryl methyl sites for hydroxylation is 1. The number of rotatable bonds is 4. The van der Waals surface area contributed by atoms with E-state index in [1.54, 1.807) is 6.20 Å². The SMILES string of the molecule is O=C(CCn1ccc2ccncc21)N1CCC(C(=O)N2CCCCC2)CC1. The van der Waals surface area contributed by atoms with Crippen molar-refractivity contribution in [2.75, 3.05) is 26.2 Å². The fourth-order valence-corrected chi connectivity index (χ4v) is 4.35. The molecule has 2 amide bonds. The van der Waals surface area contributed by atoms with Gasteiger partial charge in [0.2, 0.25) is 11.8 Å². The number of nitrogens with zero attached hydrogens (tertiary/aromatic N) is 4. The number of hydrogen-bond donors (Lipinski definition) is 0. The predicted octanol–water partition coefficient (Wildman–Crippen LogP) is 2.68. The molecule has 6 heteroatoms. The molecule has 2 saturated heterocycles. The fourth-order valence-electron chi connectivity index (χ4n) is 4.35. The van der Waals surface area contributed by atoms with Crippen LogP contribution in [0.5, 0.6) is 0 Å². The normalized spacial score (nSPS) is 18.8. The van der Waals surface area contributed by atoms with Gasteiger partial charge in [-0.3, -0.25) is 14.6 Å². The van der Waals surface area contributed by atoms with Crippen LogP contribution >= 0.6 is 0 Å². The number of carbonyl (C=O) groups is 2. The lowest BCUT2D eigenvalue weighted by atomic mass is 9.94. The number of pyridine rings is 1. The van der Waals surface area contributed by atoms with Crippen LogP contribution in [0.1, 0.15) is 38.5 Å². The molecule has 0 spiro atoms. The molecule has 2 aromatic heterocycles. The Morgan fingerprint density at radius 2 is 1.78 bits per heavy atom. The number of fused-ring (bicyclic) bond motifs is 1. The van der Waals surface area contributed by atoms with Gasteiger partial charge in [-0.2, -0.15) is 0 Å². The van der Waals surface area contributed by atoms with Crippen molar-refractivity contribution in [1.82, 2.24) is 19.4 Å². The molecule has 0 saturated carbocycles. The molecule has 0 radical (unpaired) electrons. The first-order valence-corrected chi connectivity index (χ1v) is 10.2. The van der Waals surface area contributed by atoms with Crippen LogP contribution in [0.15, 0.2) is 30.7 Å². The van der Waals surface area contributed by atoms with Crippen molar-refractivity contribution in [3.8, 4) is 0 Å². The first-order valence-electron chi connectivity index (χ1n) is 10.2. The fraction of sp³-hybridized carbons (Fsp3) is 0.571. The number of likely N-dealkylation sites (tertiary alicyclic amines) is 2. The van der Waals surface area contributed by atoms with Gasteiger partial charge in [-0.1, -0.05) is 0 Å². The summed E-state index contributed by atoms with van der Waals surface area (Å²) in [6.07, 6.45) is 11.2. The first-order chi connectivity index (χ1) is 13.2. The summed E-state index contributed by atoms with van der Waals surface area (Å²) in [6, 6.07) is 4.04. The third-order valence-electron chi connectivity index (χ3n) is 6.01. The molecule has 0 aromatic carbocycles. The topological polar surface area (TPSA) is 58.4 Å². The van der Waals surface area contributed by atoms with Crippen molar-refractivity contribution in [2.24, 2.45) is 5.92 Å². The molecule has 2 aliphatic heterocycles. The number of amides is 2. The van der Waals surface area contributed by atoms with Crippen LogP contribution in [-0.2, 0) is 16.1 Å². The van der Waals surface area contributed by atoms with Crippen molar-refractivity contribution < 1.29 is 9.59 Å². The summed E-state index contributed by atoms with van der Waals surface area (Å²) in [7, 11) is 0. The van der Waals surface area contributed by atoms with Crippen LogP contribution in [0.25, 0.3) is 10.9 Å². The highest BCUT2D eigenvalue weighted by Gasteiger charge is 2.30. The van der Waals surface area contributed by atoms with Gasteiger partial charge in [0.1, 0.15) is 0 Å². The predicted molar refractivity (Wildman–Crippen MR) is 104 cm³/mol. The molecular formula is C21H28N4O2. The molecule has 0 aliphatic carbocycles. The van der Waals surface area contributed by atoms with E-state index in [2.05, 4.69) is 15.6 Å². The van der Waals surface area contributed by atoms with Gasteiger partial charge < -0.3 is 14.4 Å². The molecule has 0 atom stereocenters. The zero-order valence-corrected chi connectivity index (χ0v) is 15.8. The molecule has 4 rings (SSSR count). The molecule has 2 aliphatic rings. The quantitative estimate of drug-likeness (QED) is 0.834. The second-order valence-electron chi connectivity index (χ2n) is 7.73. The van der Waals surface area contributed by atoms with Crippen LogP contribution in [0.4, 0.5) is 0 Å². The zero-order chi connectivity index (χ0) is 18.6. The number of carbonyl (C=O) groups excluding carboxylic acids is 2. The molecule has 4 heterocycles. The highest BCUT2D eigenvalue weighted by atomic mass is 16.2. The maximum absolute atomic E-state index is 12.6. The smallest absolute Gasteiger partial charge is 0.225 e. The van der Waals surface area contributed by atoms with E-state index in [4.69, 9.17) is 0 Å². The molecule has 6 nitrogen and oxygen atoms in total. The Bertz CT molecular complexity index is 801. The maximum Gasteiger partial charge on any atom is 0.225 e. The van der Waals surface area contributed by atoms with Crippen LogP contribution in [0, 0.1) is 5.92 Å². The lowest BCUT2D eigenvalue weighted by Crippen LogP contribution is -2.45. The molecule has 0 unspecified atom stereocenters. The average molecular weight is 368 g/mol. The Hall–Kier alpha value is -2.37. The Morgan fingerprint density at radius 1 is 1.00 bits per heavy atom. The van der Waals surface area contributed by atoms with Gasteiger partial charge in [0.05, 0.1) is 11.7 Å². The summed E-state index contributed by atoms with van der Waals surface area (Å²) < 4.78 is 2.09. The zero-order valence-electron chi connectivity index (χ0n) is 15.8. The van der Waals surface area contributed by atoms with Gasteiger partial charge in [-0.05, 0) is 44.2 Å². The van der Waals surface area contributed by atoms with Crippen molar-refractivity contribution in [1.29, 1.82) is 0 Å². The first kappa shape index (κ1) is 18.0. The monoisotopic (exact) mass is 368 g/mol. The van der Waals surface area contributed by atoms with Gasteiger partial charge in [0, 0.05) is 62.8 Å². The Balaban J connectivity index is 1.26. The van der Waals surface area contributed by atoms with Crippen molar-refractivity contribution in [3.63, 3.8) is 0 Å². The standard InChI is InChI=1S/C21H28N4O2/c26-20(8-15-23-12-5-17-4-9-22-16-19(17)23)24-13-6-18(7-14-24)21(27)25-10-2-1-3-11-25/h4-5,9,12,16,18H,1-3,6-8,10-11,13-15H2. The molecular weight excluding hydrogens is 340 g/mol. The van der Waals surface area contributed by atoms with Gasteiger partial charge in [-0.25, -0.2) is 0 Å². The molecule has 144 valence electrons. The van der Waals surface area contributed by atoms with E-state index < -0.39 is 0 Å². The van der Waals surface area contributed by atoms with E-state index in [-0.39, 0.29) is 11.8 Å². The van der Waals surface area contributed by atoms with Gasteiger partial charge in [0.25, 0.3) is 0 Å². The van der Waals surface area contributed by atoms with E-state index >= 15 is 0 Å². The maximum atomic E-state index is 12.6. The molecule has 2 aromatic rings. The minimum Gasteiger partial charge on any atom is -0.346 e. The molecule has 0 bridgehead atoms. The molecule has 27 heavy (non-hydrogen) atoms. The third-order valence-corrected chi connectivity index (χ3v) is 6.01. The van der Waals surface area contributed by atoms with E-state index in [1.807, 2.05) is 28.3 Å². The van der Waals surface area contributed by atoms with Crippen molar-refractivity contribution >= 4 is 22.7 Å². The minimum atomic E-state index is 0.103. The Labute approximate surface area is 160 Å². The van der Waals surface area contributed by atoms with Crippen LogP contribution < -0.4 is 0 Å². The van der Waals surface area contributed by atoms with Gasteiger partial charge >= 0.3 is 0 Å². The average Bonchev–Trinajstić information content (AvgIpc) is 3.15. The number of hydrogen-bond acceptors (Lipinski definition) is 3. The summed E-state index contributed by atoms with van der Waals surface area (Å²) >= 11 is 0.